The highest BCUT2D eigenvalue weighted by molar-refractivity contribution is 7.75. The molecule has 0 N–H and O–H groups in total. The van der Waals surface area contributed by atoms with E-state index in [0.717, 1.165) is 11.8 Å². The van der Waals surface area contributed by atoms with Crippen molar-refractivity contribution in [2.75, 3.05) is 0 Å². The largest absolute Gasteiger partial charge is 0.315 e. The highest BCUT2D eigenvalue weighted by atomic mass is 32.1. The van der Waals surface area contributed by atoms with Gasteiger partial charge in [0.25, 0.3) is 0 Å². The van der Waals surface area contributed by atoms with Crippen molar-refractivity contribution in [1.29, 1.82) is 0 Å². The quantitative estimate of drug-likeness (QED) is 0.571. The molecule has 0 aromatic rings. The van der Waals surface area contributed by atoms with Gasteiger partial charge in [0.2, 0.25) is 0 Å². The van der Waals surface area contributed by atoms with Crippen LogP contribution in [0.15, 0.2) is 0 Å². The predicted octanol–water partition coefficient (Wildman–Crippen LogP) is 4.85. The molecule has 2 saturated carbocycles. The number of rotatable bonds is 4. The normalized spacial score (nSPS) is 37.3. The molecule has 2 rings (SSSR count). The Kier molecular flexibility index (Phi) is 5.94. The summed E-state index contributed by atoms with van der Waals surface area (Å²) in [6.45, 7) is 4.96. The third-order valence-electron chi connectivity index (χ3n) is 5.75. The SMILES string of the molecule is CC(C)(C1CCC(OS)CC1)C1CCC(OS)CC1. The van der Waals surface area contributed by atoms with Gasteiger partial charge in [-0.2, -0.15) is 0 Å². The highest BCUT2D eigenvalue weighted by Gasteiger charge is 2.40. The van der Waals surface area contributed by atoms with E-state index in [1.807, 2.05) is 0 Å². The van der Waals surface area contributed by atoms with E-state index >= 15 is 0 Å². The molecule has 0 bridgehead atoms. The summed E-state index contributed by atoms with van der Waals surface area (Å²) >= 11 is 7.93. The van der Waals surface area contributed by atoms with Crippen LogP contribution in [0.4, 0.5) is 0 Å². The van der Waals surface area contributed by atoms with E-state index in [2.05, 4.69) is 39.7 Å². The second-order valence-electron chi connectivity index (χ2n) is 6.98. The first-order valence-corrected chi connectivity index (χ1v) is 8.41. The van der Waals surface area contributed by atoms with Crippen LogP contribution in [0.3, 0.4) is 0 Å². The fourth-order valence-corrected chi connectivity index (χ4v) is 4.58. The Labute approximate surface area is 129 Å². The van der Waals surface area contributed by atoms with Crippen LogP contribution >= 0.6 is 25.8 Å². The average molecular weight is 305 g/mol. The summed E-state index contributed by atoms with van der Waals surface area (Å²) in [5, 5.41) is 0. The van der Waals surface area contributed by atoms with Crippen LogP contribution < -0.4 is 0 Å². The van der Waals surface area contributed by atoms with Gasteiger partial charge in [0.05, 0.1) is 12.2 Å². The van der Waals surface area contributed by atoms with Crippen molar-refractivity contribution in [3.63, 3.8) is 0 Å². The van der Waals surface area contributed by atoms with E-state index in [4.69, 9.17) is 8.37 Å². The third kappa shape index (κ3) is 3.84. The van der Waals surface area contributed by atoms with Gasteiger partial charge in [-0.3, -0.25) is 0 Å². The van der Waals surface area contributed by atoms with Crippen molar-refractivity contribution in [3.8, 4) is 0 Å². The van der Waals surface area contributed by atoms with Gasteiger partial charge in [0, 0.05) is 0 Å². The maximum absolute atomic E-state index is 5.20. The lowest BCUT2D eigenvalue weighted by Gasteiger charge is -2.46. The lowest BCUT2D eigenvalue weighted by molar-refractivity contribution is 0.0179. The molecule has 0 aliphatic heterocycles. The van der Waals surface area contributed by atoms with Gasteiger partial charge in [-0.15, -0.1) is 0 Å². The van der Waals surface area contributed by atoms with Gasteiger partial charge in [-0.25, -0.2) is 0 Å². The number of hydrogen-bond donors (Lipinski definition) is 2. The first-order valence-electron chi connectivity index (χ1n) is 7.68. The topological polar surface area (TPSA) is 18.5 Å². The van der Waals surface area contributed by atoms with Crippen LogP contribution in [0.1, 0.15) is 65.2 Å². The van der Waals surface area contributed by atoms with Gasteiger partial charge in [-0.05, 0) is 94.4 Å². The zero-order chi connectivity index (χ0) is 13.9. The Morgan fingerprint density at radius 3 is 1.26 bits per heavy atom. The summed E-state index contributed by atoms with van der Waals surface area (Å²) in [5.41, 5.74) is 0.448. The zero-order valence-electron chi connectivity index (χ0n) is 12.2. The molecule has 2 fully saturated rings. The standard InChI is InChI=1S/C15H28O2S2/c1-15(2,11-3-7-13(16-18)8-4-11)12-5-9-14(17-19)10-6-12/h11-14,18-19H,3-10H2,1-2H3. The molecule has 0 heterocycles. The van der Waals surface area contributed by atoms with Crippen LogP contribution in [0.2, 0.25) is 0 Å². The first-order chi connectivity index (χ1) is 9.07. The van der Waals surface area contributed by atoms with Crippen molar-refractivity contribution in [2.45, 2.75) is 77.4 Å². The summed E-state index contributed by atoms with van der Waals surface area (Å²) in [6.07, 6.45) is 10.6. The second kappa shape index (κ2) is 7.06. The van der Waals surface area contributed by atoms with Crippen LogP contribution in [-0.4, -0.2) is 12.2 Å². The monoisotopic (exact) mass is 304 g/mol. The van der Waals surface area contributed by atoms with Crippen molar-refractivity contribution >= 4 is 25.8 Å². The van der Waals surface area contributed by atoms with Crippen LogP contribution in [0, 0.1) is 17.3 Å². The van der Waals surface area contributed by atoms with Crippen molar-refractivity contribution in [1.82, 2.24) is 0 Å². The van der Waals surface area contributed by atoms with Crippen LogP contribution in [0.25, 0.3) is 0 Å². The molecule has 19 heavy (non-hydrogen) atoms. The van der Waals surface area contributed by atoms with Crippen molar-refractivity contribution in [2.24, 2.45) is 17.3 Å². The van der Waals surface area contributed by atoms with Crippen molar-refractivity contribution < 1.29 is 8.37 Å². The van der Waals surface area contributed by atoms with Gasteiger partial charge in [-0.1, -0.05) is 13.8 Å². The minimum atomic E-state index is 0.378. The summed E-state index contributed by atoms with van der Waals surface area (Å²) in [5.74, 6) is 1.68. The fraction of sp³-hybridized carbons (Fsp3) is 1.00. The van der Waals surface area contributed by atoms with E-state index in [0.29, 0.717) is 17.6 Å². The maximum atomic E-state index is 5.20. The van der Waals surface area contributed by atoms with E-state index in [1.54, 1.807) is 0 Å². The second-order valence-corrected chi connectivity index (χ2v) is 7.40. The molecule has 2 aliphatic rings. The lowest BCUT2D eigenvalue weighted by Crippen LogP contribution is -2.38. The molecular weight excluding hydrogens is 276 g/mol. The van der Waals surface area contributed by atoms with Gasteiger partial charge >= 0.3 is 0 Å². The predicted molar refractivity (Wildman–Crippen MR) is 85.4 cm³/mol. The molecule has 0 aromatic carbocycles. The Morgan fingerprint density at radius 2 is 1.00 bits per heavy atom. The Morgan fingerprint density at radius 1 is 0.684 bits per heavy atom. The molecule has 2 aliphatic carbocycles. The molecule has 0 unspecified atom stereocenters. The minimum Gasteiger partial charge on any atom is -0.315 e. The first kappa shape index (κ1) is 16.0. The van der Waals surface area contributed by atoms with Crippen LogP contribution in [-0.2, 0) is 8.37 Å². The highest BCUT2D eigenvalue weighted by Crippen LogP contribution is 2.48. The molecule has 0 spiro atoms. The minimum absolute atomic E-state index is 0.378. The molecule has 0 atom stereocenters. The fourth-order valence-electron chi connectivity index (χ4n) is 4.16. The van der Waals surface area contributed by atoms with Crippen LogP contribution in [0.5, 0.6) is 0 Å². The number of hydrogen-bond acceptors (Lipinski definition) is 4. The lowest BCUT2D eigenvalue weighted by atomic mass is 9.60. The summed E-state index contributed by atoms with van der Waals surface area (Å²) in [7, 11) is 0. The summed E-state index contributed by atoms with van der Waals surface area (Å²) in [4.78, 5) is 0. The van der Waals surface area contributed by atoms with E-state index in [-0.39, 0.29) is 0 Å². The summed E-state index contributed by atoms with van der Waals surface area (Å²) < 4.78 is 10.4. The van der Waals surface area contributed by atoms with Crippen molar-refractivity contribution in [3.05, 3.63) is 0 Å². The average Bonchev–Trinajstić information content (AvgIpc) is 2.47. The molecule has 0 saturated heterocycles. The van der Waals surface area contributed by atoms with Gasteiger partial charge in [0.1, 0.15) is 0 Å². The van der Waals surface area contributed by atoms with E-state index in [1.165, 1.54) is 51.4 Å². The van der Waals surface area contributed by atoms with Gasteiger partial charge in [0.15, 0.2) is 0 Å². The molecule has 4 heteroatoms. The van der Waals surface area contributed by atoms with E-state index < -0.39 is 0 Å². The molecule has 0 amide bonds. The van der Waals surface area contributed by atoms with E-state index in [9.17, 15) is 0 Å². The molecular formula is C15H28O2S2. The Balaban J connectivity index is 1.88. The van der Waals surface area contributed by atoms with Gasteiger partial charge < -0.3 is 8.37 Å². The number of thiol groups is 2. The zero-order valence-corrected chi connectivity index (χ0v) is 14.0. The molecule has 0 aromatic heterocycles. The molecule has 112 valence electrons. The smallest absolute Gasteiger partial charge is 0.0719 e. The Hall–Kier alpha value is 0.620. The maximum Gasteiger partial charge on any atom is 0.0719 e. The summed E-state index contributed by atoms with van der Waals surface area (Å²) in [6, 6.07) is 0. The third-order valence-corrected chi connectivity index (χ3v) is 6.35. The molecule has 0 radical (unpaired) electrons. The molecule has 2 nitrogen and oxygen atoms in total. The Bertz CT molecular complexity index is 241.